The van der Waals surface area contributed by atoms with Crippen LogP contribution in [-0.4, -0.2) is 37.6 Å². The van der Waals surface area contributed by atoms with Gasteiger partial charge in [0.2, 0.25) is 11.8 Å². The van der Waals surface area contributed by atoms with Crippen molar-refractivity contribution >= 4 is 17.5 Å². The van der Waals surface area contributed by atoms with Crippen molar-refractivity contribution in [2.24, 2.45) is 5.73 Å². The number of para-hydroxylation sites is 1. The van der Waals surface area contributed by atoms with Gasteiger partial charge in [-0.2, -0.15) is 0 Å². The SMILES string of the molecule is C[C@H](NC(=O)CN1c2ccccc2[C@@H](C(N)=O)C[C@@H]1C)c1ccc2c(c1)OCCO2. The highest BCUT2D eigenvalue weighted by atomic mass is 16.6. The van der Waals surface area contributed by atoms with Crippen LogP contribution in [0.3, 0.4) is 0 Å². The van der Waals surface area contributed by atoms with Gasteiger partial charge in [-0.3, -0.25) is 9.59 Å². The summed E-state index contributed by atoms with van der Waals surface area (Å²) >= 11 is 0. The number of nitrogens with two attached hydrogens (primary N) is 1. The molecule has 7 heteroatoms. The molecule has 2 aromatic rings. The molecule has 2 amide bonds. The van der Waals surface area contributed by atoms with Crippen LogP contribution in [0.1, 0.15) is 43.4 Å². The van der Waals surface area contributed by atoms with Gasteiger partial charge in [0.25, 0.3) is 0 Å². The Morgan fingerprint density at radius 2 is 1.90 bits per heavy atom. The first-order valence-corrected chi connectivity index (χ1v) is 10.3. The molecule has 0 fully saturated rings. The number of amides is 2. The first-order valence-electron chi connectivity index (χ1n) is 10.3. The monoisotopic (exact) mass is 409 g/mol. The molecule has 0 aliphatic carbocycles. The van der Waals surface area contributed by atoms with Crippen LogP contribution in [0.25, 0.3) is 0 Å². The summed E-state index contributed by atoms with van der Waals surface area (Å²) in [5.74, 6) is 0.691. The molecule has 3 N–H and O–H groups in total. The van der Waals surface area contributed by atoms with E-state index in [2.05, 4.69) is 5.32 Å². The van der Waals surface area contributed by atoms with Gasteiger partial charge in [-0.25, -0.2) is 0 Å². The smallest absolute Gasteiger partial charge is 0.240 e. The standard InChI is InChI=1S/C23H27N3O4/c1-14-11-18(23(24)28)17-5-3-4-6-19(17)26(14)13-22(27)25-15(2)16-7-8-20-21(12-16)30-10-9-29-20/h3-8,12,14-15,18H,9-11,13H2,1-2H3,(H2,24,28)(H,25,27)/t14-,15-,18-/m0/s1. The molecule has 30 heavy (non-hydrogen) atoms. The van der Waals surface area contributed by atoms with Gasteiger partial charge in [0.15, 0.2) is 11.5 Å². The average molecular weight is 409 g/mol. The number of hydrogen-bond acceptors (Lipinski definition) is 5. The molecular weight excluding hydrogens is 382 g/mol. The molecule has 0 radical (unpaired) electrons. The van der Waals surface area contributed by atoms with Crippen molar-refractivity contribution in [3.8, 4) is 11.5 Å². The minimum atomic E-state index is -0.328. The van der Waals surface area contributed by atoms with E-state index >= 15 is 0 Å². The molecule has 0 saturated heterocycles. The third-order valence-corrected chi connectivity index (χ3v) is 5.83. The fourth-order valence-corrected chi connectivity index (χ4v) is 4.24. The Balaban J connectivity index is 1.47. The zero-order chi connectivity index (χ0) is 21.3. The van der Waals surface area contributed by atoms with Crippen molar-refractivity contribution < 1.29 is 19.1 Å². The topological polar surface area (TPSA) is 93.9 Å². The number of nitrogens with zero attached hydrogens (tertiary/aromatic N) is 1. The number of nitrogens with one attached hydrogen (secondary N) is 1. The third kappa shape index (κ3) is 3.92. The van der Waals surface area contributed by atoms with Crippen molar-refractivity contribution in [3.63, 3.8) is 0 Å². The first kappa shape index (κ1) is 20.1. The molecule has 0 unspecified atom stereocenters. The summed E-state index contributed by atoms with van der Waals surface area (Å²) in [5, 5.41) is 3.07. The van der Waals surface area contributed by atoms with Crippen LogP contribution in [0.15, 0.2) is 42.5 Å². The molecule has 4 rings (SSSR count). The number of anilines is 1. The lowest BCUT2D eigenvalue weighted by atomic mass is 9.85. The van der Waals surface area contributed by atoms with E-state index in [9.17, 15) is 9.59 Å². The maximum atomic E-state index is 12.9. The Labute approximate surface area is 176 Å². The highest BCUT2D eigenvalue weighted by Gasteiger charge is 2.33. The van der Waals surface area contributed by atoms with E-state index < -0.39 is 0 Å². The maximum absolute atomic E-state index is 12.9. The van der Waals surface area contributed by atoms with E-state index in [-0.39, 0.29) is 36.4 Å². The summed E-state index contributed by atoms with van der Waals surface area (Å²) in [6.07, 6.45) is 0.595. The molecule has 2 heterocycles. The number of primary amides is 1. The fourth-order valence-electron chi connectivity index (χ4n) is 4.24. The molecule has 2 aliphatic rings. The van der Waals surface area contributed by atoms with Crippen LogP contribution < -0.4 is 25.4 Å². The number of rotatable bonds is 5. The summed E-state index contributed by atoms with van der Waals surface area (Å²) < 4.78 is 11.2. The van der Waals surface area contributed by atoms with Crippen molar-refractivity contribution in [3.05, 3.63) is 53.6 Å². The Morgan fingerprint density at radius 1 is 1.17 bits per heavy atom. The second-order valence-corrected chi connectivity index (χ2v) is 7.92. The predicted molar refractivity (Wildman–Crippen MR) is 114 cm³/mol. The van der Waals surface area contributed by atoms with Gasteiger partial charge < -0.3 is 25.4 Å². The van der Waals surface area contributed by atoms with E-state index in [1.807, 2.05) is 61.2 Å². The van der Waals surface area contributed by atoms with Gasteiger partial charge in [0.1, 0.15) is 13.2 Å². The van der Waals surface area contributed by atoms with Gasteiger partial charge in [-0.1, -0.05) is 24.3 Å². The quantitative estimate of drug-likeness (QED) is 0.791. The highest BCUT2D eigenvalue weighted by Crippen LogP contribution is 2.38. The molecule has 0 saturated carbocycles. The van der Waals surface area contributed by atoms with E-state index in [0.29, 0.717) is 25.4 Å². The van der Waals surface area contributed by atoms with E-state index in [0.717, 1.165) is 22.6 Å². The molecule has 0 spiro atoms. The molecule has 3 atom stereocenters. The largest absolute Gasteiger partial charge is 0.486 e. The van der Waals surface area contributed by atoms with E-state index in [1.165, 1.54) is 0 Å². The number of fused-ring (bicyclic) bond motifs is 2. The zero-order valence-corrected chi connectivity index (χ0v) is 17.3. The van der Waals surface area contributed by atoms with Crippen LogP contribution in [0.4, 0.5) is 5.69 Å². The molecule has 2 aliphatic heterocycles. The number of carbonyl (C=O) groups is 2. The normalized spacial score (nSPS) is 20.8. The molecule has 7 nitrogen and oxygen atoms in total. The van der Waals surface area contributed by atoms with Gasteiger partial charge >= 0.3 is 0 Å². The Bertz CT molecular complexity index is 961. The summed E-state index contributed by atoms with van der Waals surface area (Å²) in [6.45, 7) is 5.24. The van der Waals surface area contributed by atoms with Crippen LogP contribution in [0.2, 0.25) is 0 Å². The Hall–Kier alpha value is -3.22. The lowest BCUT2D eigenvalue weighted by Gasteiger charge is -2.39. The number of benzene rings is 2. The maximum Gasteiger partial charge on any atom is 0.240 e. The molecule has 0 bridgehead atoms. The zero-order valence-electron chi connectivity index (χ0n) is 17.3. The van der Waals surface area contributed by atoms with Crippen LogP contribution >= 0.6 is 0 Å². The second-order valence-electron chi connectivity index (χ2n) is 7.92. The average Bonchev–Trinajstić information content (AvgIpc) is 2.75. The minimum Gasteiger partial charge on any atom is -0.486 e. The van der Waals surface area contributed by atoms with Crippen LogP contribution in [0.5, 0.6) is 11.5 Å². The van der Waals surface area contributed by atoms with Gasteiger partial charge in [0.05, 0.1) is 18.5 Å². The first-order chi connectivity index (χ1) is 14.4. The number of hydrogen-bond donors (Lipinski definition) is 2. The van der Waals surface area contributed by atoms with E-state index in [4.69, 9.17) is 15.2 Å². The minimum absolute atomic E-state index is 0.0211. The third-order valence-electron chi connectivity index (χ3n) is 5.83. The fraction of sp³-hybridized carbons (Fsp3) is 0.391. The van der Waals surface area contributed by atoms with Gasteiger partial charge in [-0.15, -0.1) is 0 Å². The van der Waals surface area contributed by atoms with Gasteiger partial charge in [0, 0.05) is 11.7 Å². The van der Waals surface area contributed by atoms with E-state index in [1.54, 1.807) is 0 Å². The van der Waals surface area contributed by atoms with Crippen LogP contribution in [-0.2, 0) is 9.59 Å². The summed E-state index contributed by atoms with van der Waals surface area (Å²) in [7, 11) is 0. The number of ether oxygens (including phenoxy) is 2. The lowest BCUT2D eigenvalue weighted by Crippen LogP contribution is -2.47. The second kappa shape index (κ2) is 8.26. The van der Waals surface area contributed by atoms with Crippen LogP contribution in [0, 0.1) is 0 Å². The number of carbonyl (C=O) groups excluding carboxylic acids is 2. The summed E-state index contributed by atoms with van der Waals surface area (Å²) in [4.78, 5) is 26.8. The van der Waals surface area contributed by atoms with Crippen molar-refractivity contribution in [2.75, 3.05) is 24.7 Å². The summed E-state index contributed by atoms with van der Waals surface area (Å²) in [6, 6.07) is 13.2. The highest BCUT2D eigenvalue weighted by molar-refractivity contribution is 5.87. The van der Waals surface area contributed by atoms with Gasteiger partial charge in [-0.05, 0) is 49.6 Å². The molecular formula is C23H27N3O4. The van der Waals surface area contributed by atoms with Crippen molar-refractivity contribution in [2.45, 2.75) is 38.3 Å². The molecule has 0 aromatic heterocycles. The van der Waals surface area contributed by atoms with Crippen molar-refractivity contribution in [1.82, 2.24) is 5.32 Å². The molecule has 158 valence electrons. The Morgan fingerprint density at radius 3 is 2.67 bits per heavy atom. The Kier molecular flexibility index (Phi) is 5.53. The summed E-state index contributed by atoms with van der Waals surface area (Å²) in [5.41, 5.74) is 8.34. The predicted octanol–water partition coefficient (Wildman–Crippen LogP) is 2.50. The lowest BCUT2D eigenvalue weighted by molar-refractivity contribution is -0.120. The van der Waals surface area contributed by atoms with Crippen molar-refractivity contribution in [1.29, 1.82) is 0 Å². The molecule has 2 aromatic carbocycles.